The van der Waals surface area contributed by atoms with Crippen molar-refractivity contribution < 1.29 is 13.9 Å². The number of carbonyl (C=O) groups excluding carboxylic acids is 1. The normalized spacial score (nSPS) is 10.6. The molecule has 0 saturated carbocycles. The fraction of sp³-hybridized carbons (Fsp3) is 0.0769. The molecule has 0 aliphatic carbocycles. The average molecular weight is 229 g/mol. The summed E-state index contributed by atoms with van der Waals surface area (Å²) in [6, 6.07) is 5.49. The first kappa shape index (κ1) is 11.1. The van der Waals surface area contributed by atoms with Crippen LogP contribution >= 0.6 is 0 Å². The molecule has 0 aromatic carbocycles. The number of ether oxygens (including phenoxy) is 1. The van der Waals surface area contributed by atoms with Crippen LogP contribution in [0.4, 0.5) is 0 Å². The average Bonchev–Trinajstić information content (AvgIpc) is 2.85. The van der Waals surface area contributed by atoms with Crippen LogP contribution in [0.3, 0.4) is 0 Å². The predicted molar refractivity (Wildman–Crippen MR) is 63.0 cm³/mol. The first-order valence-electron chi connectivity index (χ1n) is 5.05. The lowest BCUT2D eigenvalue weighted by Gasteiger charge is -1.97. The standard InChI is InChI=1S/C13H11NO3/c1-16-12(15)5-4-10-6-8-17-13(10)11-3-2-7-14-9-11/h2-9H,1H3/b5-4+. The van der Waals surface area contributed by atoms with Gasteiger partial charge in [-0.2, -0.15) is 0 Å². The summed E-state index contributed by atoms with van der Waals surface area (Å²) in [7, 11) is 1.34. The minimum Gasteiger partial charge on any atom is -0.466 e. The largest absolute Gasteiger partial charge is 0.466 e. The van der Waals surface area contributed by atoms with Gasteiger partial charge in [0.2, 0.25) is 0 Å². The van der Waals surface area contributed by atoms with E-state index in [2.05, 4.69) is 9.72 Å². The monoisotopic (exact) mass is 229 g/mol. The summed E-state index contributed by atoms with van der Waals surface area (Å²) in [5.41, 5.74) is 1.67. The van der Waals surface area contributed by atoms with Crippen molar-refractivity contribution >= 4 is 12.0 Å². The second-order valence-corrected chi connectivity index (χ2v) is 3.30. The quantitative estimate of drug-likeness (QED) is 0.599. The van der Waals surface area contributed by atoms with E-state index in [1.807, 2.05) is 12.1 Å². The highest BCUT2D eigenvalue weighted by Gasteiger charge is 2.06. The van der Waals surface area contributed by atoms with Crippen LogP contribution < -0.4 is 0 Å². The molecule has 0 fully saturated rings. The van der Waals surface area contributed by atoms with E-state index in [0.29, 0.717) is 5.76 Å². The highest BCUT2D eigenvalue weighted by Crippen LogP contribution is 2.24. The molecule has 2 aromatic rings. The van der Waals surface area contributed by atoms with Crippen molar-refractivity contribution in [3.05, 3.63) is 48.5 Å². The second kappa shape index (κ2) is 5.12. The summed E-state index contributed by atoms with van der Waals surface area (Å²) >= 11 is 0. The number of furan rings is 1. The number of carbonyl (C=O) groups is 1. The fourth-order valence-electron chi connectivity index (χ4n) is 1.41. The first-order valence-corrected chi connectivity index (χ1v) is 5.05. The summed E-state index contributed by atoms with van der Waals surface area (Å²) in [4.78, 5) is 15.0. The molecule has 0 aliphatic rings. The van der Waals surface area contributed by atoms with E-state index in [1.54, 1.807) is 30.8 Å². The van der Waals surface area contributed by atoms with Crippen molar-refractivity contribution in [1.82, 2.24) is 4.98 Å². The number of aromatic nitrogens is 1. The van der Waals surface area contributed by atoms with E-state index in [0.717, 1.165) is 11.1 Å². The van der Waals surface area contributed by atoms with Gasteiger partial charge in [0.25, 0.3) is 0 Å². The molecule has 4 nitrogen and oxygen atoms in total. The van der Waals surface area contributed by atoms with Gasteiger partial charge in [-0.3, -0.25) is 4.98 Å². The van der Waals surface area contributed by atoms with E-state index in [9.17, 15) is 4.79 Å². The Morgan fingerprint density at radius 1 is 1.47 bits per heavy atom. The Kier molecular flexibility index (Phi) is 3.35. The van der Waals surface area contributed by atoms with E-state index in [4.69, 9.17) is 4.42 Å². The molecule has 0 N–H and O–H groups in total. The summed E-state index contributed by atoms with van der Waals surface area (Å²) in [5, 5.41) is 0. The van der Waals surface area contributed by atoms with Gasteiger partial charge in [0.15, 0.2) is 0 Å². The van der Waals surface area contributed by atoms with Gasteiger partial charge in [-0.15, -0.1) is 0 Å². The fourth-order valence-corrected chi connectivity index (χ4v) is 1.41. The lowest BCUT2D eigenvalue weighted by atomic mass is 10.1. The zero-order valence-electron chi connectivity index (χ0n) is 9.29. The van der Waals surface area contributed by atoms with Gasteiger partial charge >= 0.3 is 5.97 Å². The molecule has 0 bridgehead atoms. The molecular formula is C13H11NO3. The lowest BCUT2D eigenvalue weighted by molar-refractivity contribution is -0.134. The predicted octanol–water partition coefficient (Wildman–Crippen LogP) is 2.53. The van der Waals surface area contributed by atoms with Gasteiger partial charge < -0.3 is 9.15 Å². The second-order valence-electron chi connectivity index (χ2n) is 3.30. The number of methoxy groups -OCH3 is 1. The number of esters is 1. The Morgan fingerprint density at radius 3 is 3.06 bits per heavy atom. The maximum Gasteiger partial charge on any atom is 0.330 e. The number of nitrogens with zero attached hydrogens (tertiary/aromatic N) is 1. The highest BCUT2D eigenvalue weighted by atomic mass is 16.5. The van der Waals surface area contributed by atoms with Gasteiger partial charge in [0.1, 0.15) is 5.76 Å². The molecule has 0 atom stereocenters. The molecule has 0 amide bonds. The number of hydrogen-bond acceptors (Lipinski definition) is 4. The van der Waals surface area contributed by atoms with E-state index < -0.39 is 5.97 Å². The summed E-state index contributed by atoms with van der Waals surface area (Å²) in [5.74, 6) is 0.279. The molecule has 0 unspecified atom stereocenters. The van der Waals surface area contributed by atoms with Crippen LogP contribution in [0.1, 0.15) is 5.56 Å². The third kappa shape index (κ3) is 2.60. The molecule has 0 radical (unpaired) electrons. The van der Waals surface area contributed by atoms with E-state index >= 15 is 0 Å². The zero-order valence-corrected chi connectivity index (χ0v) is 9.29. The molecule has 17 heavy (non-hydrogen) atoms. The minimum absolute atomic E-state index is 0.400. The van der Waals surface area contributed by atoms with Crippen LogP contribution in [0.25, 0.3) is 17.4 Å². The Labute approximate surface area is 98.5 Å². The highest BCUT2D eigenvalue weighted by molar-refractivity contribution is 5.88. The lowest BCUT2D eigenvalue weighted by Crippen LogP contribution is -1.93. The maximum atomic E-state index is 11.0. The molecule has 2 heterocycles. The smallest absolute Gasteiger partial charge is 0.330 e. The van der Waals surface area contributed by atoms with Gasteiger partial charge in [0.05, 0.1) is 13.4 Å². The van der Waals surface area contributed by atoms with Crippen LogP contribution in [0.15, 0.2) is 47.3 Å². The van der Waals surface area contributed by atoms with Gasteiger partial charge in [0, 0.05) is 29.6 Å². The Morgan fingerprint density at radius 2 is 2.35 bits per heavy atom. The minimum atomic E-state index is -0.400. The topological polar surface area (TPSA) is 52.3 Å². The molecule has 2 rings (SSSR count). The Hall–Kier alpha value is -2.36. The Balaban J connectivity index is 2.30. The van der Waals surface area contributed by atoms with Crippen molar-refractivity contribution in [2.24, 2.45) is 0 Å². The number of rotatable bonds is 3. The first-order chi connectivity index (χ1) is 8.31. The SMILES string of the molecule is COC(=O)/C=C/c1ccoc1-c1cccnc1. The zero-order chi connectivity index (χ0) is 12.1. The summed E-state index contributed by atoms with van der Waals surface area (Å²) < 4.78 is 9.90. The van der Waals surface area contributed by atoms with Crippen molar-refractivity contribution in [3.63, 3.8) is 0 Å². The molecular weight excluding hydrogens is 218 g/mol. The molecule has 86 valence electrons. The van der Waals surface area contributed by atoms with E-state index in [1.165, 1.54) is 13.2 Å². The van der Waals surface area contributed by atoms with Crippen LogP contribution in [-0.2, 0) is 9.53 Å². The summed E-state index contributed by atoms with van der Waals surface area (Å²) in [6.07, 6.45) is 7.96. The third-order valence-corrected chi connectivity index (χ3v) is 2.22. The van der Waals surface area contributed by atoms with Crippen LogP contribution in [0, 0.1) is 0 Å². The van der Waals surface area contributed by atoms with Crippen molar-refractivity contribution in [2.45, 2.75) is 0 Å². The summed E-state index contributed by atoms with van der Waals surface area (Å²) in [6.45, 7) is 0. The number of pyridine rings is 1. The van der Waals surface area contributed by atoms with Crippen molar-refractivity contribution in [1.29, 1.82) is 0 Å². The molecule has 2 aromatic heterocycles. The van der Waals surface area contributed by atoms with Crippen LogP contribution in [0.5, 0.6) is 0 Å². The molecule has 0 aliphatic heterocycles. The van der Waals surface area contributed by atoms with Gasteiger partial charge in [-0.1, -0.05) is 0 Å². The van der Waals surface area contributed by atoms with Crippen LogP contribution in [0.2, 0.25) is 0 Å². The van der Waals surface area contributed by atoms with Gasteiger partial charge in [-0.05, 0) is 24.3 Å². The van der Waals surface area contributed by atoms with E-state index in [-0.39, 0.29) is 0 Å². The molecule has 4 heteroatoms. The Bertz CT molecular complexity index is 529. The maximum absolute atomic E-state index is 11.0. The van der Waals surface area contributed by atoms with Crippen molar-refractivity contribution in [2.75, 3.05) is 7.11 Å². The van der Waals surface area contributed by atoms with Gasteiger partial charge in [-0.25, -0.2) is 4.79 Å². The molecule has 0 saturated heterocycles. The van der Waals surface area contributed by atoms with Crippen LogP contribution in [-0.4, -0.2) is 18.1 Å². The number of hydrogen-bond donors (Lipinski definition) is 0. The molecule has 0 spiro atoms. The third-order valence-electron chi connectivity index (χ3n) is 2.22. The van der Waals surface area contributed by atoms with Crippen molar-refractivity contribution in [3.8, 4) is 11.3 Å².